The molecular weight excluding hydrogens is 436 g/mol. The minimum absolute atomic E-state index is 0.362. The lowest BCUT2D eigenvalue weighted by molar-refractivity contribution is 0.0227. The van der Waals surface area contributed by atoms with E-state index in [0.29, 0.717) is 22.7 Å². The number of hydrogen-bond acceptors (Lipinski definition) is 5. The van der Waals surface area contributed by atoms with Crippen LogP contribution in [0, 0.1) is 6.92 Å². The molecule has 174 valence electrons. The van der Waals surface area contributed by atoms with Crippen molar-refractivity contribution >= 4 is 23.0 Å². The summed E-state index contributed by atoms with van der Waals surface area (Å²) in [6, 6.07) is 25.3. The predicted octanol–water partition coefficient (Wildman–Crippen LogP) is 6.84. The van der Waals surface area contributed by atoms with Crippen LogP contribution in [0.5, 0.6) is 11.5 Å². The molecule has 4 aromatic carbocycles. The monoisotopic (exact) mass is 462 g/mol. The number of esters is 1. The first-order chi connectivity index (χ1) is 17.0. The van der Waals surface area contributed by atoms with Gasteiger partial charge in [-0.1, -0.05) is 55.3 Å². The van der Waals surface area contributed by atoms with Gasteiger partial charge in [0, 0.05) is 22.5 Å². The number of nitrogens with one attached hydrogen (secondary N) is 1. The third kappa shape index (κ3) is 3.19. The van der Waals surface area contributed by atoms with Crippen LogP contribution in [0.3, 0.4) is 0 Å². The molecular formula is C30H26N2O3. The molecule has 2 aliphatic heterocycles. The predicted molar refractivity (Wildman–Crippen MR) is 138 cm³/mol. The van der Waals surface area contributed by atoms with E-state index in [2.05, 4.69) is 37.4 Å². The minimum atomic E-state index is -1.18. The van der Waals surface area contributed by atoms with Gasteiger partial charge in [0.2, 0.25) is 0 Å². The van der Waals surface area contributed by atoms with Gasteiger partial charge in [0.05, 0.1) is 16.8 Å². The van der Waals surface area contributed by atoms with Crippen molar-refractivity contribution in [2.45, 2.75) is 32.3 Å². The van der Waals surface area contributed by atoms with E-state index in [1.165, 1.54) is 11.1 Å². The summed E-state index contributed by atoms with van der Waals surface area (Å²) in [5, 5.41) is 3.65. The highest BCUT2D eigenvalue weighted by atomic mass is 16.6. The van der Waals surface area contributed by atoms with Crippen LogP contribution in [0.1, 0.15) is 51.5 Å². The maximum Gasteiger partial charge on any atom is 0.340 e. The zero-order valence-electron chi connectivity index (χ0n) is 19.7. The Hall–Kier alpha value is -4.25. The largest absolute Gasteiger partial charge is 0.456 e. The molecule has 1 spiro atoms. The summed E-state index contributed by atoms with van der Waals surface area (Å²) in [6.07, 6.45) is 1.99. The number of anilines is 3. The number of rotatable bonds is 4. The van der Waals surface area contributed by atoms with E-state index in [9.17, 15) is 4.79 Å². The van der Waals surface area contributed by atoms with Crippen molar-refractivity contribution in [3.05, 3.63) is 112 Å². The molecule has 0 aromatic heterocycles. The van der Waals surface area contributed by atoms with Crippen LogP contribution in [-0.4, -0.2) is 5.97 Å². The van der Waals surface area contributed by atoms with Gasteiger partial charge in [-0.3, -0.25) is 0 Å². The van der Waals surface area contributed by atoms with Gasteiger partial charge in [-0.05, 0) is 61.4 Å². The first kappa shape index (κ1) is 21.3. The normalized spacial score (nSPS) is 17.3. The Morgan fingerprint density at radius 1 is 0.886 bits per heavy atom. The molecule has 2 heterocycles. The lowest BCUT2D eigenvalue weighted by Gasteiger charge is -2.38. The summed E-state index contributed by atoms with van der Waals surface area (Å²) < 4.78 is 12.7. The summed E-state index contributed by atoms with van der Waals surface area (Å²) in [7, 11) is 0. The molecule has 0 aliphatic carbocycles. The second-order valence-electron chi connectivity index (χ2n) is 9.19. The van der Waals surface area contributed by atoms with Gasteiger partial charge in [-0.15, -0.1) is 0 Å². The van der Waals surface area contributed by atoms with Crippen LogP contribution in [0.25, 0.3) is 0 Å². The van der Waals surface area contributed by atoms with Gasteiger partial charge < -0.3 is 20.5 Å². The molecule has 0 fully saturated rings. The highest BCUT2D eigenvalue weighted by Gasteiger charge is 2.54. The van der Waals surface area contributed by atoms with Crippen LogP contribution >= 0.6 is 0 Å². The molecule has 0 radical (unpaired) electrons. The number of carbonyl (C=O) groups excluding carboxylic acids is 1. The molecule has 5 heteroatoms. The maximum atomic E-state index is 13.2. The van der Waals surface area contributed by atoms with Gasteiger partial charge in [0.1, 0.15) is 11.5 Å². The standard InChI is InChI=1S/C30H26N2O3/c1-3-7-19-16-18(2)12-14-24(19)32-25-10-6-11-27-28(25)30(23-17-20(31)13-15-26(23)34-27)22-9-5-4-8-21(22)29(33)35-30/h4-6,8-17,32H,3,7,31H2,1-2H3. The molecule has 0 amide bonds. The summed E-state index contributed by atoms with van der Waals surface area (Å²) in [6.45, 7) is 4.28. The molecule has 1 atom stereocenters. The fraction of sp³-hybridized carbons (Fsp3) is 0.167. The molecule has 0 saturated heterocycles. The molecule has 6 rings (SSSR count). The van der Waals surface area contributed by atoms with Gasteiger partial charge in [0.15, 0.2) is 5.60 Å². The first-order valence-electron chi connectivity index (χ1n) is 11.9. The zero-order valence-corrected chi connectivity index (χ0v) is 19.7. The number of benzene rings is 4. The average molecular weight is 463 g/mol. The topological polar surface area (TPSA) is 73.6 Å². The van der Waals surface area contributed by atoms with Gasteiger partial charge >= 0.3 is 5.97 Å². The van der Waals surface area contributed by atoms with E-state index < -0.39 is 5.60 Å². The molecule has 0 bridgehead atoms. The Balaban J connectivity index is 1.62. The van der Waals surface area contributed by atoms with Crippen molar-refractivity contribution in [1.82, 2.24) is 0 Å². The molecule has 3 N–H and O–H groups in total. The summed E-state index contributed by atoms with van der Waals surface area (Å²) in [5.41, 5.74) is 12.7. The molecule has 1 unspecified atom stereocenters. The van der Waals surface area contributed by atoms with Crippen molar-refractivity contribution in [2.24, 2.45) is 0 Å². The van der Waals surface area contributed by atoms with Crippen LogP contribution in [0.15, 0.2) is 78.9 Å². The lowest BCUT2D eigenvalue weighted by atomic mass is 9.76. The first-order valence-corrected chi connectivity index (χ1v) is 11.9. The fourth-order valence-electron chi connectivity index (χ4n) is 5.32. The Kier molecular flexibility index (Phi) is 4.81. The SMILES string of the molecule is CCCc1cc(C)ccc1Nc1cccc2c1C1(OC(=O)c3ccccc31)c1cc(N)ccc1O2. The van der Waals surface area contributed by atoms with E-state index in [4.69, 9.17) is 15.2 Å². The minimum Gasteiger partial charge on any atom is -0.456 e. The second kappa shape index (κ2) is 7.91. The third-order valence-corrected chi connectivity index (χ3v) is 6.80. The number of hydrogen-bond donors (Lipinski definition) is 2. The van der Waals surface area contributed by atoms with Crippen molar-refractivity contribution < 1.29 is 14.3 Å². The van der Waals surface area contributed by atoms with Crippen LogP contribution in [0.4, 0.5) is 17.1 Å². The highest BCUT2D eigenvalue weighted by Crippen LogP contribution is 2.58. The van der Waals surface area contributed by atoms with E-state index >= 15 is 0 Å². The number of fused-ring (bicyclic) bond motifs is 6. The van der Waals surface area contributed by atoms with Gasteiger partial charge in [-0.25, -0.2) is 4.79 Å². The van der Waals surface area contributed by atoms with Crippen LogP contribution in [0.2, 0.25) is 0 Å². The third-order valence-electron chi connectivity index (χ3n) is 6.80. The molecule has 4 aromatic rings. The number of ether oxygens (including phenoxy) is 2. The summed E-state index contributed by atoms with van der Waals surface area (Å²) >= 11 is 0. The Bertz CT molecular complexity index is 1490. The number of nitrogen functional groups attached to an aromatic ring is 1. The van der Waals surface area contributed by atoms with Crippen LogP contribution < -0.4 is 15.8 Å². The van der Waals surface area contributed by atoms with Gasteiger partial charge in [0.25, 0.3) is 0 Å². The zero-order chi connectivity index (χ0) is 24.2. The van der Waals surface area contributed by atoms with E-state index in [1.807, 2.05) is 54.6 Å². The van der Waals surface area contributed by atoms with Crippen molar-refractivity contribution in [3.8, 4) is 11.5 Å². The Morgan fingerprint density at radius 2 is 1.74 bits per heavy atom. The van der Waals surface area contributed by atoms with E-state index in [-0.39, 0.29) is 5.97 Å². The lowest BCUT2D eigenvalue weighted by Crippen LogP contribution is -2.34. The van der Waals surface area contributed by atoms with Gasteiger partial charge in [-0.2, -0.15) is 0 Å². The molecule has 5 nitrogen and oxygen atoms in total. The molecule has 2 aliphatic rings. The maximum absolute atomic E-state index is 13.2. The number of aryl methyl sites for hydroxylation is 2. The molecule has 35 heavy (non-hydrogen) atoms. The average Bonchev–Trinajstić information content (AvgIpc) is 3.14. The summed E-state index contributed by atoms with van der Waals surface area (Å²) in [5.74, 6) is 0.898. The number of nitrogens with two attached hydrogens (primary N) is 1. The summed E-state index contributed by atoms with van der Waals surface area (Å²) in [4.78, 5) is 13.2. The highest BCUT2D eigenvalue weighted by molar-refractivity contribution is 5.97. The van der Waals surface area contributed by atoms with E-state index in [0.717, 1.165) is 40.9 Å². The smallest absolute Gasteiger partial charge is 0.340 e. The Morgan fingerprint density at radius 3 is 2.60 bits per heavy atom. The number of carbonyl (C=O) groups is 1. The van der Waals surface area contributed by atoms with Crippen LogP contribution in [-0.2, 0) is 16.8 Å². The van der Waals surface area contributed by atoms with E-state index in [1.54, 1.807) is 6.07 Å². The second-order valence-corrected chi connectivity index (χ2v) is 9.19. The Labute approximate surface area is 204 Å². The van der Waals surface area contributed by atoms with Crippen molar-refractivity contribution in [3.63, 3.8) is 0 Å². The van der Waals surface area contributed by atoms with Crippen molar-refractivity contribution in [2.75, 3.05) is 11.1 Å². The quantitative estimate of drug-likeness (QED) is 0.257. The molecule has 0 saturated carbocycles. The van der Waals surface area contributed by atoms with Crippen molar-refractivity contribution in [1.29, 1.82) is 0 Å². The fourth-order valence-corrected chi connectivity index (χ4v) is 5.32.